The molecule has 3 fully saturated rings. The van der Waals surface area contributed by atoms with Crippen LogP contribution < -0.4 is 43.8 Å². The zero-order chi connectivity index (χ0) is 83.5. The Bertz CT molecular complexity index is 4680. The van der Waals surface area contributed by atoms with Crippen LogP contribution in [0.25, 0.3) is 23.4 Å². The zero-order valence-corrected chi connectivity index (χ0v) is 69.1. The average molecular weight is 1620 g/mol. The van der Waals surface area contributed by atoms with Crippen molar-refractivity contribution in [1.82, 2.24) is 56.4 Å². The molecule has 3 aliphatic rings. The summed E-state index contributed by atoms with van der Waals surface area (Å²) < 4.78 is 13.2. The molecule has 0 saturated carbocycles. The first-order chi connectivity index (χ1) is 58.1. The van der Waals surface area contributed by atoms with Gasteiger partial charge in [0.2, 0.25) is 29.5 Å². The van der Waals surface area contributed by atoms with Gasteiger partial charge in [0.1, 0.15) is 11.5 Å². The van der Waals surface area contributed by atoms with E-state index in [9.17, 15) is 33.2 Å². The number of rotatable bonds is 33. The fourth-order valence-electron chi connectivity index (χ4n) is 15.6. The van der Waals surface area contributed by atoms with Crippen molar-refractivity contribution in [2.45, 2.75) is 119 Å². The molecule has 0 aliphatic carbocycles. The summed E-state index contributed by atoms with van der Waals surface area (Å²) in [5.41, 5.74) is 27.3. The van der Waals surface area contributed by atoms with Gasteiger partial charge in [-0.15, -0.1) is 11.3 Å². The van der Waals surface area contributed by atoms with E-state index in [2.05, 4.69) is 110 Å². The van der Waals surface area contributed by atoms with Crippen molar-refractivity contribution < 1.29 is 33.2 Å². The van der Waals surface area contributed by atoms with Gasteiger partial charge < -0.3 is 63.4 Å². The van der Waals surface area contributed by atoms with E-state index >= 15 is 0 Å². The zero-order valence-electron chi connectivity index (χ0n) is 68.3. The molecule has 3 saturated heterocycles. The number of hydrogen-bond donors (Lipinski definition) is 9. The van der Waals surface area contributed by atoms with E-state index < -0.39 is 0 Å². The minimum absolute atomic E-state index is 0.0000396. The first kappa shape index (κ1) is 88.5. The highest BCUT2D eigenvalue weighted by molar-refractivity contribution is 7.12. The quantitative estimate of drug-likeness (QED) is 0.0173. The highest BCUT2D eigenvalue weighted by atomic mass is 32.1. The number of nitrogens with zero attached hydrogens (tertiary/aromatic N) is 5. The number of carbonyl (C=O) groups excluding carboxylic acids is 6. The lowest BCUT2D eigenvalue weighted by Gasteiger charge is -2.29. The summed E-state index contributed by atoms with van der Waals surface area (Å²) in [5, 5.41) is 23.8. The fourth-order valence-corrected chi connectivity index (χ4v) is 16.4. The van der Waals surface area contributed by atoms with Crippen LogP contribution in [0, 0.1) is 12.7 Å². The van der Waals surface area contributed by atoms with E-state index in [0.717, 1.165) is 60.2 Å². The van der Waals surface area contributed by atoms with E-state index in [1.54, 1.807) is 53.6 Å². The van der Waals surface area contributed by atoms with Crippen LogP contribution in [0.1, 0.15) is 135 Å². The highest BCUT2D eigenvalue weighted by Crippen LogP contribution is 2.32. The summed E-state index contributed by atoms with van der Waals surface area (Å²) in [6.07, 6.45) is 13.0. The summed E-state index contributed by atoms with van der Waals surface area (Å²) in [6, 6.07) is 82.5. The molecule has 6 amide bonds. The molecule has 6 atom stereocenters. The molecule has 20 nitrogen and oxygen atoms in total. The summed E-state index contributed by atoms with van der Waals surface area (Å²) in [6.45, 7) is 8.56. The van der Waals surface area contributed by atoms with Gasteiger partial charge in [-0.05, 0) is 166 Å². The van der Waals surface area contributed by atoms with Gasteiger partial charge >= 0.3 is 0 Å². The molecule has 0 radical (unpaired) electrons. The lowest BCUT2D eigenvalue weighted by Crippen LogP contribution is -2.49. The maximum atomic E-state index is 13.8. The van der Waals surface area contributed by atoms with Crippen LogP contribution in [0.4, 0.5) is 4.39 Å². The highest BCUT2D eigenvalue weighted by Gasteiger charge is 2.37. The molecule has 22 heteroatoms. The van der Waals surface area contributed by atoms with Crippen molar-refractivity contribution >= 4 is 58.9 Å². The van der Waals surface area contributed by atoms with Crippen LogP contribution in [0.2, 0.25) is 0 Å². The Hall–Kier alpha value is -11.3. The summed E-state index contributed by atoms with van der Waals surface area (Å²) >= 11 is 1.66. The average Bonchev–Trinajstić information content (AvgIpc) is 1.78. The third-order valence-corrected chi connectivity index (χ3v) is 23.1. The number of nitrogens with one attached hydrogen (secondary N) is 6. The van der Waals surface area contributed by atoms with Gasteiger partial charge in [0.25, 0.3) is 5.91 Å². The number of aromatic amines is 1. The Morgan fingerprint density at radius 3 is 1.26 bits per heavy atom. The van der Waals surface area contributed by atoms with Crippen molar-refractivity contribution in [3.8, 4) is 11.3 Å². The predicted molar refractivity (Wildman–Crippen MR) is 475 cm³/mol. The molecule has 119 heavy (non-hydrogen) atoms. The van der Waals surface area contributed by atoms with Gasteiger partial charge in [-0.25, -0.2) is 4.39 Å². The number of amides is 6. The van der Waals surface area contributed by atoms with Crippen LogP contribution in [0.5, 0.6) is 0 Å². The van der Waals surface area contributed by atoms with Crippen LogP contribution >= 0.6 is 11.3 Å². The normalized spacial score (nSPS) is 17.8. The molecule has 10 aromatic rings. The van der Waals surface area contributed by atoms with Crippen LogP contribution in [-0.4, -0.2) is 187 Å². The number of H-pyrrole nitrogens is 1. The maximum Gasteiger partial charge on any atom is 0.269 e. The second-order valence-electron chi connectivity index (χ2n) is 30.8. The number of nitrogens with two attached hydrogens (primary N) is 3. The van der Waals surface area contributed by atoms with Crippen LogP contribution in [0.15, 0.2) is 267 Å². The smallest absolute Gasteiger partial charge is 0.269 e. The van der Waals surface area contributed by atoms with Crippen LogP contribution in [0.3, 0.4) is 0 Å². The molecule has 622 valence electrons. The second kappa shape index (κ2) is 46.7. The van der Waals surface area contributed by atoms with Crippen molar-refractivity contribution in [2.24, 2.45) is 17.2 Å². The van der Waals surface area contributed by atoms with Crippen molar-refractivity contribution in [2.75, 3.05) is 85.6 Å². The monoisotopic (exact) mass is 1620 g/mol. The number of likely N-dealkylation sites (N-methyl/N-ethyl adjacent to an activating group) is 1. The summed E-state index contributed by atoms with van der Waals surface area (Å²) in [7, 11) is 1.76. The number of aromatic nitrogens is 2. The molecule has 13 rings (SSSR count). The molecule has 8 aromatic carbocycles. The minimum Gasteiger partial charge on any atom is -0.351 e. The number of hydrogen-bond acceptors (Lipinski definition) is 14. The van der Waals surface area contributed by atoms with Crippen LogP contribution in [-0.2, 0) is 24.0 Å². The molecule has 5 heterocycles. The van der Waals surface area contributed by atoms with Gasteiger partial charge in [0, 0.05) is 129 Å². The van der Waals surface area contributed by atoms with Gasteiger partial charge in [-0.3, -0.25) is 33.9 Å². The fraction of sp³-hybridized carbons (Fsp3) is 0.330. The Morgan fingerprint density at radius 1 is 0.496 bits per heavy atom. The van der Waals surface area contributed by atoms with E-state index in [4.69, 9.17) is 17.2 Å². The lowest BCUT2D eigenvalue weighted by atomic mass is 9.90. The Kier molecular flexibility index (Phi) is 34.7. The Morgan fingerprint density at radius 2 is 0.874 bits per heavy atom. The number of halogens is 1. The van der Waals surface area contributed by atoms with Crippen molar-refractivity contribution in [3.63, 3.8) is 0 Å². The third kappa shape index (κ3) is 27.1. The minimum atomic E-state index is -0.360. The lowest BCUT2D eigenvalue weighted by molar-refractivity contribution is -0.133. The van der Waals surface area contributed by atoms with E-state index in [1.807, 2.05) is 179 Å². The van der Waals surface area contributed by atoms with Gasteiger partial charge in [-0.2, -0.15) is 5.10 Å². The molecular formula is C97H115FN14O6S. The topological polar surface area (TPSA) is 282 Å². The number of aryl methyl sites for hydroxylation is 1. The van der Waals surface area contributed by atoms with E-state index in [-0.39, 0.29) is 95.3 Å². The van der Waals surface area contributed by atoms with E-state index in [0.29, 0.717) is 103 Å². The molecule has 2 aromatic heterocycles. The first-order valence-corrected chi connectivity index (χ1v) is 42.6. The molecule has 12 N–H and O–H groups in total. The maximum absolute atomic E-state index is 13.8. The SMILES string of the molecule is CN(C[C@@H]1CCN(CC(c2ccccc2)c2ccccc2)C(=O)[C@H](CCCN)N1)C(=O)/C=C/c1ccc(F)cc1.Cc1ccc(/C=C/C(=O)NC[C@@H]2CCN(CC(c3ccccc3)c3ccccc3)C(=O)[C@H](CCCN)N2)s1.NCCC[C@@H]1N[C@H](CNC(=O)c2cc(-c3ccccc3)n[nH]2)CCN(CC(c2ccccc2)c2ccccc2)C1=O. The molecule has 0 spiro atoms. The van der Waals surface area contributed by atoms with Gasteiger partial charge in [0.05, 0.1) is 23.8 Å². The standard InChI is InChI=1S/C33H39FN4O2.C33H38N6O2.C31H38N4O2S/c1-37(32(39)19-16-25-14-17-28(34)18-15-25)23-29-20-22-38(33(40)31(36-29)13-8-21-35)24-30(26-9-4-2-5-10-26)27-11-6-3-7-12-27;34-19-10-17-29-33(41)39(23-28(24-11-4-1-5-12-24)25-13-6-2-7-14-25)20-18-27(36-29)22-35-32(40)31-21-30(37-38-31)26-15-8-3-9-16-26;1-23-14-15-27(38-23)16-17-30(36)33-21-26-18-20-35(31(37)29(34-26)13-8-19-32)22-28(24-9-4-2-5-10-24)25-11-6-3-7-12-25/h2-7,9-12,14-19,29-31,36H,8,13,20-24,35H2,1H3;1-9,11-16,21,27-29,36H,10,17-20,22-23,34H2,(H,35,40)(H,37,38);2-7,9-12,14-17,26,28-29,34H,8,13,18-22,32H2,1H3,(H,33,36)/b19-16+;;17-16+/t29-,31-;27-,29-;26-,29-/m000/s1. The third-order valence-electron chi connectivity index (χ3n) is 22.1. The van der Waals surface area contributed by atoms with E-state index in [1.165, 1.54) is 56.5 Å². The summed E-state index contributed by atoms with van der Waals surface area (Å²) in [4.78, 5) is 89.5. The Balaban J connectivity index is 0.000000175. The number of carbonyl (C=O) groups is 6. The Labute approximate surface area is 704 Å². The second-order valence-corrected chi connectivity index (χ2v) is 32.1. The molecule has 0 unspecified atom stereocenters. The molecule has 0 bridgehead atoms. The first-order valence-electron chi connectivity index (χ1n) is 41.7. The number of thiophene rings is 1. The van der Waals surface area contributed by atoms with Crippen molar-refractivity contribution in [1.29, 1.82) is 0 Å². The molecular weight excluding hydrogens is 1510 g/mol. The van der Waals surface area contributed by atoms with Gasteiger partial charge in [0.15, 0.2) is 0 Å². The largest absolute Gasteiger partial charge is 0.351 e. The predicted octanol–water partition coefficient (Wildman–Crippen LogP) is 12.7. The molecule has 3 aliphatic heterocycles. The van der Waals surface area contributed by atoms with Crippen molar-refractivity contribution in [3.05, 3.63) is 327 Å². The summed E-state index contributed by atoms with van der Waals surface area (Å²) in [5.74, 6) is -0.334. The number of benzene rings is 8. The van der Waals surface area contributed by atoms with Gasteiger partial charge in [-0.1, -0.05) is 224 Å².